The molecule has 3 heteroatoms. The molecular formula is C17H28FNS. The fourth-order valence-corrected chi connectivity index (χ4v) is 6.33. The predicted octanol–water partition coefficient (Wildman–Crippen LogP) is 5.77. The summed E-state index contributed by atoms with van der Waals surface area (Å²) in [5, 5.41) is 0. The second kappa shape index (κ2) is 5.88. The maximum atomic E-state index is 16.0. The summed E-state index contributed by atoms with van der Waals surface area (Å²) < 4.78 is 15.2. The molecule has 1 nitrogen and oxygen atoms in total. The molecule has 0 aliphatic carbocycles. The van der Waals surface area contributed by atoms with E-state index in [2.05, 4.69) is 4.99 Å². The first-order valence-electron chi connectivity index (χ1n) is 7.16. The number of benzene rings is 1. The predicted molar refractivity (Wildman–Crippen MR) is 91.0 cm³/mol. The average molecular weight is 297 g/mol. The first-order valence-corrected chi connectivity index (χ1v) is 8.69. The van der Waals surface area contributed by atoms with Crippen molar-refractivity contribution in [3.63, 3.8) is 0 Å². The Labute approximate surface area is 125 Å². The van der Waals surface area contributed by atoms with E-state index in [9.17, 15) is 0 Å². The van der Waals surface area contributed by atoms with Crippen molar-refractivity contribution in [2.24, 2.45) is 4.99 Å². The second-order valence-corrected chi connectivity index (χ2v) is 11.0. The molecule has 1 aromatic rings. The van der Waals surface area contributed by atoms with E-state index in [1.807, 2.05) is 78.9 Å². The van der Waals surface area contributed by atoms with E-state index >= 15 is 3.89 Å². The quantitative estimate of drug-likeness (QED) is 0.628. The van der Waals surface area contributed by atoms with Crippen molar-refractivity contribution in [1.82, 2.24) is 0 Å². The van der Waals surface area contributed by atoms with Crippen LogP contribution in [0, 0.1) is 0 Å². The van der Waals surface area contributed by atoms with E-state index in [1.54, 1.807) is 0 Å². The van der Waals surface area contributed by atoms with Gasteiger partial charge in [0.2, 0.25) is 0 Å². The molecule has 0 spiro atoms. The van der Waals surface area contributed by atoms with E-state index in [0.29, 0.717) is 0 Å². The van der Waals surface area contributed by atoms with Crippen LogP contribution in [0.1, 0.15) is 54.0 Å². The van der Waals surface area contributed by atoms with Gasteiger partial charge in [-0.15, -0.1) is 0 Å². The summed E-state index contributed by atoms with van der Waals surface area (Å²) in [5.74, 6) is 0. The molecule has 0 amide bonds. The standard InChI is InChI=1S/C17H28FNS/c1-8-19-13-14-9-11-15(12-10-14)20(18,16(2,3)4)17(5,6)7/h9-13H,8H2,1-7H3/b19-13+. The maximum Gasteiger partial charge on any atom is 0.0361 e. The fourth-order valence-electron chi connectivity index (χ4n) is 2.56. The molecule has 0 aliphatic heterocycles. The van der Waals surface area contributed by atoms with Crippen LogP contribution in [0.4, 0.5) is 3.89 Å². The Morgan fingerprint density at radius 1 is 1.00 bits per heavy atom. The summed E-state index contributed by atoms with van der Waals surface area (Å²) >= 11 is 0. The van der Waals surface area contributed by atoms with Crippen LogP contribution in [-0.2, 0) is 0 Å². The Balaban J connectivity index is 3.28. The summed E-state index contributed by atoms with van der Waals surface area (Å²) in [4.78, 5) is 5.04. The highest BCUT2D eigenvalue weighted by molar-refractivity contribution is 8.31. The van der Waals surface area contributed by atoms with Gasteiger partial charge in [-0.2, -0.15) is 3.89 Å². The van der Waals surface area contributed by atoms with Gasteiger partial charge in [-0.3, -0.25) is 4.99 Å². The van der Waals surface area contributed by atoms with Gasteiger partial charge in [0.25, 0.3) is 0 Å². The zero-order chi connectivity index (χ0) is 15.6. The smallest absolute Gasteiger partial charge is 0.0361 e. The van der Waals surface area contributed by atoms with Crippen molar-refractivity contribution < 1.29 is 3.89 Å². The summed E-state index contributed by atoms with van der Waals surface area (Å²) in [6.07, 6.45) is 1.84. The molecule has 0 N–H and O–H groups in total. The van der Waals surface area contributed by atoms with Crippen LogP contribution < -0.4 is 0 Å². The largest absolute Gasteiger partial charge is 0.293 e. The molecule has 0 saturated heterocycles. The maximum absolute atomic E-state index is 16.0. The number of halogens is 1. The first kappa shape index (κ1) is 17.2. The molecule has 0 heterocycles. The van der Waals surface area contributed by atoms with Crippen molar-refractivity contribution in [1.29, 1.82) is 0 Å². The number of aliphatic imine (C=N–C) groups is 1. The van der Waals surface area contributed by atoms with Crippen LogP contribution in [0.2, 0.25) is 0 Å². The van der Waals surface area contributed by atoms with Crippen molar-refractivity contribution >= 4 is 16.6 Å². The number of rotatable bonds is 3. The van der Waals surface area contributed by atoms with E-state index in [1.165, 1.54) is 0 Å². The molecule has 0 saturated carbocycles. The van der Waals surface area contributed by atoms with Gasteiger partial charge in [0.1, 0.15) is 0 Å². The molecule has 0 atom stereocenters. The molecule has 0 unspecified atom stereocenters. The van der Waals surface area contributed by atoms with E-state index in [4.69, 9.17) is 0 Å². The van der Waals surface area contributed by atoms with Gasteiger partial charge < -0.3 is 0 Å². The lowest BCUT2D eigenvalue weighted by Crippen LogP contribution is -2.35. The lowest BCUT2D eigenvalue weighted by atomic mass is 10.2. The van der Waals surface area contributed by atoms with Crippen LogP contribution in [-0.4, -0.2) is 22.3 Å². The molecule has 0 radical (unpaired) electrons. The Kier molecular flexibility index (Phi) is 5.07. The number of nitrogens with zero attached hydrogens (tertiary/aromatic N) is 1. The molecule has 114 valence electrons. The van der Waals surface area contributed by atoms with Crippen LogP contribution in [0.15, 0.2) is 34.2 Å². The Hall–Kier alpha value is -0.830. The molecule has 20 heavy (non-hydrogen) atoms. The fraction of sp³-hybridized carbons (Fsp3) is 0.588. The van der Waals surface area contributed by atoms with Crippen LogP contribution in [0.3, 0.4) is 0 Å². The first-order chi connectivity index (χ1) is 9.04. The van der Waals surface area contributed by atoms with Crippen molar-refractivity contribution in [3.05, 3.63) is 29.8 Å². The molecular weight excluding hydrogens is 269 g/mol. The second-order valence-electron chi connectivity index (χ2n) is 6.96. The minimum atomic E-state index is -2.43. The van der Waals surface area contributed by atoms with Crippen LogP contribution >= 0.6 is 10.4 Å². The van der Waals surface area contributed by atoms with E-state index in [-0.39, 0.29) is 9.49 Å². The number of hydrogen-bond acceptors (Lipinski definition) is 1. The number of hydrogen-bond donors (Lipinski definition) is 0. The Bertz CT molecular complexity index is 449. The van der Waals surface area contributed by atoms with Gasteiger partial charge in [-0.1, -0.05) is 22.5 Å². The summed E-state index contributed by atoms with van der Waals surface area (Å²) in [6.45, 7) is 14.8. The topological polar surface area (TPSA) is 12.4 Å². The highest BCUT2D eigenvalue weighted by Gasteiger charge is 2.47. The lowest BCUT2D eigenvalue weighted by Gasteiger charge is -2.52. The van der Waals surface area contributed by atoms with Gasteiger partial charge >= 0.3 is 0 Å². The zero-order valence-electron chi connectivity index (χ0n) is 13.8. The normalized spacial score (nSPS) is 14.8. The molecule has 0 aliphatic rings. The van der Waals surface area contributed by atoms with Gasteiger partial charge in [0.05, 0.1) is 0 Å². The van der Waals surface area contributed by atoms with Crippen LogP contribution in [0.25, 0.3) is 0 Å². The molecule has 0 aromatic heterocycles. The van der Waals surface area contributed by atoms with Gasteiger partial charge in [-0.25, -0.2) is 0 Å². The third-order valence-electron chi connectivity index (χ3n) is 3.32. The Morgan fingerprint density at radius 2 is 1.45 bits per heavy atom. The Morgan fingerprint density at radius 3 is 1.80 bits per heavy atom. The SMILES string of the molecule is CC/N=C/c1ccc(S(F)(C(C)(C)C)C(C)(C)C)cc1. The monoisotopic (exact) mass is 297 g/mol. The van der Waals surface area contributed by atoms with E-state index in [0.717, 1.165) is 17.0 Å². The van der Waals surface area contributed by atoms with Gasteiger partial charge in [-0.05, 0) is 66.2 Å². The molecule has 1 rings (SSSR count). The van der Waals surface area contributed by atoms with Crippen LogP contribution in [0.5, 0.6) is 0 Å². The van der Waals surface area contributed by atoms with Crippen molar-refractivity contribution in [2.75, 3.05) is 6.54 Å². The molecule has 0 bridgehead atoms. The minimum absolute atomic E-state index is 0.385. The van der Waals surface area contributed by atoms with E-state index < -0.39 is 10.4 Å². The summed E-state index contributed by atoms with van der Waals surface area (Å²) in [7, 11) is -2.43. The summed E-state index contributed by atoms with van der Waals surface area (Å²) in [5.41, 5.74) is 1.03. The third kappa shape index (κ3) is 3.25. The summed E-state index contributed by atoms with van der Waals surface area (Å²) in [6, 6.07) is 7.80. The zero-order valence-corrected chi connectivity index (χ0v) is 14.6. The minimum Gasteiger partial charge on any atom is -0.293 e. The lowest BCUT2D eigenvalue weighted by molar-refractivity contribution is 0.640. The van der Waals surface area contributed by atoms with Crippen molar-refractivity contribution in [3.8, 4) is 0 Å². The van der Waals surface area contributed by atoms with Crippen molar-refractivity contribution in [2.45, 2.75) is 62.9 Å². The molecule has 1 aromatic carbocycles. The highest BCUT2D eigenvalue weighted by Crippen LogP contribution is 2.73. The van der Waals surface area contributed by atoms with Gasteiger partial charge in [0, 0.05) is 27.1 Å². The average Bonchev–Trinajstić information content (AvgIpc) is 2.33. The van der Waals surface area contributed by atoms with Gasteiger partial charge in [0.15, 0.2) is 0 Å². The highest BCUT2D eigenvalue weighted by atomic mass is 32.3. The molecule has 0 fully saturated rings. The third-order valence-corrected chi connectivity index (χ3v) is 7.61.